The highest BCUT2D eigenvalue weighted by Gasteiger charge is 2.13. The molecule has 2 aromatic rings. The van der Waals surface area contributed by atoms with Crippen molar-refractivity contribution in [2.24, 2.45) is 0 Å². The SMILES string of the molecule is CCCCc1ccc(S(=O)(=O)NCCn2cc(Br)cn2)cc1. The summed E-state index contributed by atoms with van der Waals surface area (Å²) in [6.07, 6.45) is 6.70. The van der Waals surface area contributed by atoms with Gasteiger partial charge in [-0.25, -0.2) is 13.1 Å². The number of hydrogen-bond acceptors (Lipinski definition) is 3. The molecule has 22 heavy (non-hydrogen) atoms. The van der Waals surface area contributed by atoms with Gasteiger partial charge >= 0.3 is 0 Å². The van der Waals surface area contributed by atoms with Crippen LogP contribution < -0.4 is 4.72 Å². The number of halogens is 1. The minimum Gasteiger partial charge on any atom is -0.270 e. The van der Waals surface area contributed by atoms with Crippen LogP contribution in [0.5, 0.6) is 0 Å². The van der Waals surface area contributed by atoms with Gasteiger partial charge in [0.15, 0.2) is 0 Å². The van der Waals surface area contributed by atoms with Crippen LogP contribution in [0.4, 0.5) is 0 Å². The molecule has 0 unspecified atom stereocenters. The number of rotatable bonds is 8. The normalized spacial score (nSPS) is 11.7. The summed E-state index contributed by atoms with van der Waals surface area (Å²) in [7, 11) is -3.46. The van der Waals surface area contributed by atoms with Gasteiger partial charge in [0.2, 0.25) is 10.0 Å². The van der Waals surface area contributed by atoms with Crippen molar-refractivity contribution in [2.75, 3.05) is 6.54 Å². The van der Waals surface area contributed by atoms with E-state index in [1.165, 1.54) is 5.56 Å². The second-order valence-electron chi connectivity index (χ2n) is 5.07. The number of benzene rings is 1. The molecule has 0 aliphatic heterocycles. The van der Waals surface area contributed by atoms with Gasteiger partial charge in [0.25, 0.3) is 0 Å². The summed E-state index contributed by atoms with van der Waals surface area (Å²) in [4.78, 5) is 0.300. The van der Waals surface area contributed by atoms with Gasteiger partial charge in [-0.1, -0.05) is 25.5 Å². The highest BCUT2D eigenvalue weighted by molar-refractivity contribution is 9.10. The van der Waals surface area contributed by atoms with E-state index >= 15 is 0 Å². The first-order valence-corrected chi connectivity index (χ1v) is 9.55. The molecule has 0 spiro atoms. The fourth-order valence-electron chi connectivity index (χ4n) is 2.05. The fourth-order valence-corrected chi connectivity index (χ4v) is 3.40. The Bertz CT molecular complexity index is 696. The van der Waals surface area contributed by atoms with Crippen molar-refractivity contribution in [3.63, 3.8) is 0 Å². The molecule has 0 aliphatic rings. The number of nitrogens with zero attached hydrogens (tertiary/aromatic N) is 2. The second-order valence-corrected chi connectivity index (χ2v) is 7.75. The van der Waals surface area contributed by atoms with Crippen LogP contribution in [0, 0.1) is 0 Å². The third kappa shape index (κ3) is 4.93. The highest BCUT2D eigenvalue weighted by atomic mass is 79.9. The lowest BCUT2D eigenvalue weighted by atomic mass is 10.1. The van der Waals surface area contributed by atoms with Crippen molar-refractivity contribution in [3.05, 3.63) is 46.7 Å². The maximum absolute atomic E-state index is 12.2. The molecule has 0 saturated heterocycles. The summed E-state index contributed by atoms with van der Waals surface area (Å²) in [6.45, 7) is 2.92. The summed E-state index contributed by atoms with van der Waals surface area (Å²) >= 11 is 3.30. The Balaban J connectivity index is 1.91. The Kier molecular flexibility index (Phi) is 6.16. The average molecular weight is 386 g/mol. The zero-order valence-electron chi connectivity index (χ0n) is 12.5. The van der Waals surface area contributed by atoms with E-state index in [1.54, 1.807) is 29.2 Å². The summed E-state index contributed by atoms with van der Waals surface area (Å²) in [5, 5.41) is 4.08. The fraction of sp³-hybridized carbons (Fsp3) is 0.400. The molecule has 120 valence electrons. The van der Waals surface area contributed by atoms with Gasteiger partial charge < -0.3 is 0 Å². The third-order valence-corrected chi connectivity index (χ3v) is 5.17. The van der Waals surface area contributed by atoms with Crippen molar-refractivity contribution >= 4 is 26.0 Å². The first-order valence-electron chi connectivity index (χ1n) is 7.28. The van der Waals surface area contributed by atoms with Gasteiger partial charge in [-0.3, -0.25) is 4.68 Å². The van der Waals surface area contributed by atoms with Crippen LogP contribution in [-0.4, -0.2) is 24.7 Å². The number of aryl methyl sites for hydroxylation is 1. The molecule has 1 aromatic heterocycles. The van der Waals surface area contributed by atoms with E-state index in [0.29, 0.717) is 18.0 Å². The first-order chi connectivity index (χ1) is 10.5. The lowest BCUT2D eigenvalue weighted by molar-refractivity contribution is 0.561. The number of nitrogens with one attached hydrogen (secondary N) is 1. The van der Waals surface area contributed by atoms with E-state index < -0.39 is 10.0 Å². The predicted molar refractivity (Wildman–Crippen MR) is 90.2 cm³/mol. The predicted octanol–water partition coefficient (Wildman–Crippen LogP) is 2.97. The molecule has 0 fully saturated rings. The Hall–Kier alpha value is -1.18. The van der Waals surface area contributed by atoms with Crippen molar-refractivity contribution in [3.8, 4) is 0 Å². The molecule has 0 aliphatic carbocycles. The Morgan fingerprint density at radius 2 is 2.00 bits per heavy atom. The first kappa shape index (κ1) is 17.2. The molecule has 1 heterocycles. The van der Waals surface area contributed by atoms with Crippen molar-refractivity contribution in [1.82, 2.24) is 14.5 Å². The van der Waals surface area contributed by atoms with Gasteiger partial charge in [0, 0.05) is 12.7 Å². The Morgan fingerprint density at radius 3 is 2.59 bits per heavy atom. The molecule has 0 radical (unpaired) electrons. The van der Waals surface area contributed by atoms with Crippen LogP contribution in [0.3, 0.4) is 0 Å². The Labute approximate surface area is 139 Å². The van der Waals surface area contributed by atoms with Crippen LogP contribution in [0.25, 0.3) is 0 Å². The van der Waals surface area contributed by atoms with Gasteiger partial charge in [-0.2, -0.15) is 5.10 Å². The molecule has 0 bridgehead atoms. The monoisotopic (exact) mass is 385 g/mol. The molecule has 2 rings (SSSR count). The number of hydrogen-bond donors (Lipinski definition) is 1. The summed E-state index contributed by atoms with van der Waals surface area (Å²) in [6, 6.07) is 7.10. The minimum atomic E-state index is -3.46. The van der Waals surface area contributed by atoms with Gasteiger partial charge in [-0.15, -0.1) is 0 Å². The van der Waals surface area contributed by atoms with Crippen LogP contribution >= 0.6 is 15.9 Å². The Morgan fingerprint density at radius 1 is 1.27 bits per heavy atom. The molecular formula is C15H20BrN3O2S. The van der Waals surface area contributed by atoms with Crippen LogP contribution in [0.1, 0.15) is 25.3 Å². The molecule has 0 saturated carbocycles. The van der Waals surface area contributed by atoms with E-state index in [1.807, 2.05) is 12.1 Å². The lowest BCUT2D eigenvalue weighted by Crippen LogP contribution is -2.27. The van der Waals surface area contributed by atoms with Crippen LogP contribution in [0.2, 0.25) is 0 Å². The summed E-state index contributed by atoms with van der Waals surface area (Å²) < 4.78 is 29.6. The number of aromatic nitrogens is 2. The molecule has 7 heteroatoms. The van der Waals surface area contributed by atoms with E-state index in [4.69, 9.17) is 0 Å². The average Bonchev–Trinajstić information content (AvgIpc) is 2.91. The van der Waals surface area contributed by atoms with E-state index in [-0.39, 0.29) is 0 Å². The molecule has 0 amide bonds. The van der Waals surface area contributed by atoms with Crippen molar-refractivity contribution in [1.29, 1.82) is 0 Å². The summed E-state index contributed by atoms with van der Waals surface area (Å²) in [5.74, 6) is 0. The van der Waals surface area contributed by atoms with Crippen molar-refractivity contribution in [2.45, 2.75) is 37.6 Å². The third-order valence-electron chi connectivity index (χ3n) is 3.29. The number of sulfonamides is 1. The largest absolute Gasteiger partial charge is 0.270 e. The quantitative estimate of drug-likeness (QED) is 0.759. The molecule has 5 nitrogen and oxygen atoms in total. The number of unbranched alkanes of at least 4 members (excludes halogenated alkanes) is 1. The highest BCUT2D eigenvalue weighted by Crippen LogP contribution is 2.12. The van der Waals surface area contributed by atoms with Gasteiger partial charge in [-0.05, 0) is 46.5 Å². The molecule has 1 aromatic carbocycles. The van der Waals surface area contributed by atoms with Crippen LogP contribution in [0.15, 0.2) is 46.0 Å². The lowest BCUT2D eigenvalue weighted by Gasteiger charge is -2.08. The zero-order chi connectivity index (χ0) is 16.0. The topological polar surface area (TPSA) is 64.0 Å². The minimum absolute atomic E-state index is 0.300. The smallest absolute Gasteiger partial charge is 0.240 e. The van der Waals surface area contributed by atoms with Gasteiger partial charge in [0.1, 0.15) is 0 Å². The van der Waals surface area contributed by atoms with E-state index in [9.17, 15) is 8.42 Å². The summed E-state index contributed by atoms with van der Waals surface area (Å²) in [5.41, 5.74) is 1.17. The van der Waals surface area contributed by atoms with E-state index in [2.05, 4.69) is 32.7 Å². The van der Waals surface area contributed by atoms with Crippen molar-refractivity contribution < 1.29 is 8.42 Å². The molecule has 1 N–H and O–H groups in total. The maximum atomic E-state index is 12.2. The van der Waals surface area contributed by atoms with Gasteiger partial charge in [0.05, 0.1) is 22.1 Å². The molecular weight excluding hydrogens is 366 g/mol. The molecule has 0 atom stereocenters. The van der Waals surface area contributed by atoms with E-state index in [0.717, 1.165) is 23.7 Å². The zero-order valence-corrected chi connectivity index (χ0v) is 14.9. The maximum Gasteiger partial charge on any atom is 0.240 e. The standard InChI is InChI=1S/C15H20BrN3O2S/c1-2-3-4-13-5-7-15(8-6-13)22(20,21)18-9-10-19-12-14(16)11-17-19/h5-8,11-12,18H,2-4,9-10H2,1H3. The van der Waals surface area contributed by atoms with Crippen LogP contribution in [-0.2, 0) is 23.0 Å². The second kappa shape index (κ2) is 7.89.